The van der Waals surface area contributed by atoms with Crippen molar-refractivity contribution in [2.75, 3.05) is 32.0 Å². The zero-order valence-corrected chi connectivity index (χ0v) is 14.7. The predicted octanol–water partition coefficient (Wildman–Crippen LogP) is 1.44. The highest BCUT2D eigenvalue weighted by Crippen LogP contribution is 2.31. The molecule has 2 aliphatic rings. The van der Waals surface area contributed by atoms with E-state index in [2.05, 4.69) is 11.0 Å². The van der Waals surface area contributed by atoms with E-state index in [4.69, 9.17) is 10.00 Å². The van der Waals surface area contributed by atoms with Gasteiger partial charge >= 0.3 is 0 Å². The summed E-state index contributed by atoms with van der Waals surface area (Å²) in [5.74, 6) is 0.933. The van der Waals surface area contributed by atoms with Gasteiger partial charge in [0.2, 0.25) is 10.0 Å². The van der Waals surface area contributed by atoms with E-state index in [1.165, 1.54) is 0 Å². The van der Waals surface area contributed by atoms with Gasteiger partial charge in [-0.1, -0.05) is 0 Å². The summed E-state index contributed by atoms with van der Waals surface area (Å²) in [5, 5.41) is 8.79. The number of nitrogens with zero attached hydrogens (tertiary/aromatic N) is 3. The summed E-state index contributed by atoms with van der Waals surface area (Å²) in [6.07, 6.45) is 2.11. The smallest absolute Gasteiger partial charge is 0.213 e. The molecule has 2 bridgehead atoms. The van der Waals surface area contributed by atoms with Gasteiger partial charge in [0.15, 0.2) is 0 Å². The van der Waals surface area contributed by atoms with Gasteiger partial charge in [0, 0.05) is 31.7 Å². The van der Waals surface area contributed by atoms with Crippen LogP contribution in [0.3, 0.4) is 0 Å². The third-order valence-electron chi connectivity index (χ3n) is 4.96. The maximum Gasteiger partial charge on any atom is 0.213 e. The Morgan fingerprint density at radius 3 is 2.38 bits per heavy atom. The van der Waals surface area contributed by atoms with Crippen LogP contribution in [0.1, 0.15) is 25.3 Å². The van der Waals surface area contributed by atoms with E-state index in [1.807, 2.05) is 0 Å². The van der Waals surface area contributed by atoms with Crippen molar-refractivity contribution >= 4 is 10.0 Å². The number of hydrogen-bond donors (Lipinski definition) is 0. The van der Waals surface area contributed by atoms with E-state index >= 15 is 0 Å². The Morgan fingerprint density at radius 1 is 1.21 bits per heavy atom. The molecule has 0 aromatic heterocycles. The summed E-state index contributed by atoms with van der Waals surface area (Å²) in [6.45, 7) is 4.27. The molecule has 24 heavy (non-hydrogen) atoms. The molecule has 2 aliphatic heterocycles. The molecule has 1 aromatic carbocycles. The molecule has 0 spiro atoms. The van der Waals surface area contributed by atoms with Crippen molar-refractivity contribution in [3.63, 3.8) is 0 Å². The van der Waals surface area contributed by atoms with Gasteiger partial charge in [-0.25, -0.2) is 8.42 Å². The van der Waals surface area contributed by atoms with E-state index in [0.29, 0.717) is 37.3 Å². The summed E-state index contributed by atoms with van der Waals surface area (Å²) < 4.78 is 31.6. The lowest BCUT2D eigenvalue weighted by Crippen LogP contribution is -2.56. The number of ether oxygens (including phenoxy) is 1. The van der Waals surface area contributed by atoms with E-state index in [0.717, 1.165) is 25.1 Å². The second-order valence-electron chi connectivity index (χ2n) is 6.33. The Balaban J connectivity index is 1.53. The van der Waals surface area contributed by atoms with E-state index in [9.17, 15) is 8.42 Å². The molecule has 0 radical (unpaired) electrons. The highest BCUT2D eigenvalue weighted by atomic mass is 32.2. The molecule has 2 fully saturated rings. The van der Waals surface area contributed by atoms with Gasteiger partial charge < -0.3 is 4.74 Å². The fourth-order valence-corrected chi connectivity index (χ4v) is 4.78. The topological polar surface area (TPSA) is 73.6 Å². The zero-order valence-electron chi connectivity index (χ0n) is 13.9. The highest BCUT2D eigenvalue weighted by Gasteiger charge is 2.42. The number of nitriles is 1. The van der Waals surface area contributed by atoms with Gasteiger partial charge in [0.25, 0.3) is 0 Å². The molecular formula is C17H23N3O3S. The van der Waals surface area contributed by atoms with Gasteiger partial charge in [0.05, 0.1) is 17.4 Å². The fraction of sp³-hybridized carbons (Fsp3) is 0.588. The van der Waals surface area contributed by atoms with Crippen LogP contribution in [0, 0.1) is 11.3 Å². The van der Waals surface area contributed by atoms with Crippen molar-refractivity contribution in [1.82, 2.24) is 9.21 Å². The van der Waals surface area contributed by atoms with Gasteiger partial charge in [-0.05, 0) is 44.0 Å². The standard InChI is InChI=1S/C17H23N3O3S/c1-2-24(21,22)19-12-15-5-6-16(13-19)20(15)9-10-23-17-7-3-14(11-18)4-8-17/h3-4,7-8,15-16H,2,5-6,9-10,12-13H2,1H3. The molecule has 2 saturated heterocycles. The van der Waals surface area contributed by atoms with Crippen LogP contribution < -0.4 is 4.74 Å². The molecule has 0 aliphatic carbocycles. The number of hydrogen-bond acceptors (Lipinski definition) is 5. The molecule has 2 heterocycles. The van der Waals surface area contributed by atoms with Gasteiger partial charge in [-0.3, -0.25) is 4.90 Å². The Morgan fingerprint density at radius 2 is 1.83 bits per heavy atom. The van der Waals surface area contributed by atoms with Crippen LogP contribution in [0.2, 0.25) is 0 Å². The predicted molar refractivity (Wildman–Crippen MR) is 91.2 cm³/mol. The fourth-order valence-electron chi connectivity index (χ4n) is 3.62. The van der Waals surface area contributed by atoms with Crippen LogP contribution in [-0.2, 0) is 10.0 Å². The Kier molecular flexibility index (Phi) is 5.09. The van der Waals surface area contributed by atoms with Crippen molar-refractivity contribution < 1.29 is 13.2 Å². The van der Waals surface area contributed by atoms with Crippen LogP contribution >= 0.6 is 0 Å². The molecule has 0 amide bonds. The molecule has 1 aromatic rings. The molecular weight excluding hydrogens is 326 g/mol. The van der Waals surface area contributed by atoms with Gasteiger partial charge in [-0.15, -0.1) is 0 Å². The van der Waals surface area contributed by atoms with Crippen LogP contribution in [0.15, 0.2) is 24.3 Å². The lowest BCUT2D eigenvalue weighted by molar-refractivity contribution is 0.0928. The number of benzene rings is 1. The Bertz CT molecular complexity index is 698. The first-order valence-electron chi connectivity index (χ1n) is 8.40. The molecule has 7 heteroatoms. The quantitative estimate of drug-likeness (QED) is 0.777. The minimum Gasteiger partial charge on any atom is -0.492 e. The number of fused-ring (bicyclic) bond motifs is 2. The molecule has 0 N–H and O–H groups in total. The molecule has 6 nitrogen and oxygen atoms in total. The van der Waals surface area contributed by atoms with Gasteiger partial charge in [0.1, 0.15) is 12.4 Å². The van der Waals surface area contributed by atoms with Crippen molar-refractivity contribution in [1.29, 1.82) is 5.26 Å². The van der Waals surface area contributed by atoms with Crippen molar-refractivity contribution in [2.45, 2.75) is 31.8 Å². The summed E-state index contributed by atoms with van der Waals surface area (Å²) >= 11 is 0. The SMILES string of the molecule is CCS(=O)(=O)N1CC2CCC(C1)N2CCOc1ccc(C#N)cc1. The van der Waals surface area contributed by atoms with Crippen molar-refractivity contribution in [3.05, 3.63) is 29.8 Å². The molecule has 2 unspecified atom stereocenters. The van der Waals surface area contributed by atoms with Crippen molar-refractivity contribution in [2.24, 2.45) is 0 Å². The first kappa shape index (κ1) is 17.2. The van der Waals surface area contributed by atoms with Crippen LogP contribution in [0.4, 0.5) is 0 Å². The monoisotopic (exact) mass is 349 g/mol. The average Bonchev–Trinajstić information content (AvgIpc) is 2.83. The average molecular weight is 349 g/mol. The van der Waals surface area contributed by atoms with Crippen LogP contribution in [0.25, 0.3) is 0 Å². The molecule has 2 atom stereocenters. The first-order valence-corrected chi connectivity index (χ1v) is 10.0. The van der Waals surface area contributed by atoms with Crippen LogP contribution in [-0.4, -0.2) is 61.7 Å². The molecule has 0 saturated carbocycles. The van der Waals surface area contributed by atoms with Gasteiger partial charge in [-0.2, -0.15) is 9.57 Å². The number of sulfonamides is 1. The maximum absolute atomic E-state index is 12.1. The normalized spacial score (nSPS) is 24.7. The number of piperazine rings is 1. The van der Waals surface area contributed by atoms with E-state index in [1.54, 1.807) is 35.5 Å². The lowest BCUT2D eigenvalue weighted by atomic mass is 10.2. The highest BCUT2D eigenvalue weighted by molar-refractivity contribution is 7.89. The summed E-state index contributed by atoms with van der Waals surface area (Å²) in [7, 11) is -3.09. The van der Waals surface area contributed by atoms with Crippen molar-refractivity contribution in [3.8, 4) is 11.8 Å². The first-order chi connectivity index (χ1) is 11.5. The molecule has 3 rings (SSSR count). The summed E-state index contributed by atoms with van der Waals surface area (Å²) in [5.41, 5.74) is 0.619. The summed E-state index contributed by atoms with van der Waals surface area (Å²) in [4.78, 5) is 2.39. The summed E-state index contributed by atoms with van der Waals surface area (Å²) in [6, 6.07) is 9.78. The minimum atomic E-state index is -3.09. The van der Waals surface area contributed by atoms with E-state index < -0.39 is 10.0 Å². The third kappa shape index (κ3) is 3.56. The lowest BCUT2D eigenvalue weighted by Gasteiger charge is -2.40. The largest absolute Gasteiger partial charge is 0.492 e. The Labute approximate surface area is 143 Å². The molecule has 130 valence electrons. The maximum atomic E-state index is 12.1. The second kappa shape index (κ2) is 7.09. The van der Waals surface area contributed by atoms with Crippen LogP contribution in [0.5, 0.6) is 5.75 Å². The third-order valence-corrected chi connectivity index (χ3v) is 6.77. The second-order valence-corrected chi connectivity index (χ2v) is 8.58. The van der Waals surface area contributed by atoms with E-state index in [-0.39, 0.29) is 5.75 Å². The number of rotatable bonds is 6. The zero-order chi connectivity index (χ0) is 17.2. The minimum absolute atomic E-state index is 0.175. The Hall–Kier alpha value is -1.62.